The number of nitrogens with one attached hydrogen (secondary N) is 2. The Morgan fingerprint density at radius 1 is 1.23 bits per heavy atom. The Morgan fingerprint density at radius 3 is 2.46 bits per heavy atom. The molecule has 15 heteroatoms. The second-order valence-electron chi connectivity index (χ2n) is 7.83. The normalized spacial score (nSPS) is 16.3. The van der Waals surface area contributed by atoms with Gasteiger partial charge in [-0.25, -0.2) is 9.78 Å². The summed E-state index contributed by atoms with van der Waals surface area (Å²) < 4.78 is 86.1. The molecule has 2 N–H and O–H groups in total. The second-order valence-corrected chi connectivity index (χ2v) is 8.71. The van der Waals surface area contributed by atoms with Gasteiger partial charge in [0.05, 0.1) is 34.0 Å². The maximum Gasteiger partial charge on any atom is 0.522 e. The lowest BCUT2D eigenvalue weighted by Crippen LogP contribution is -2.43. The number of rotatable bonds is 6. The van der Waals surface area contributed by atoms with Gasteiger partial charge in [0, 0.05) is 38.4 Å². The van der Waals surface area contributed by atoms with Gasteiger partial charge in [-0.3, -0.25) is 9.53 Å². The van der Waals surface area contributed by atoms with Crippen molar-refractivity contribution in [2.75, 3.05) is 31.6 Å². The van der Waals surface area contributed by atoms with Crippen LogP contribution in [0.1, 0.15) is 35.7 Å². The Balaban J connectivity index is 1.67. The van der Waals surface area contributed by atoms with E-state index in [9.17, 15) is 35.9 Å². The third-order valence-electron chi connectivity index (χ3n) is 5.19. The molecule has 1 aliphatic rings. The molecule has 2 aromatic rings. The first-order valence-electron chi connectivity index (χ1n) is 10.4. The molecule has 3 heterocycles. The van der Waals surface area contributed by atoms with Gasteiger partial charge in [0.25, 0.3) is 5.91 Å². The summed E-state index contributed by atoms with van der Waals surface area (Å²) in [4.78, 5) is 29.9. The Bertz CT molecular complexity index is 1070. The zero-order valence-corrected chi connectivity index (χ0v) is 19.4. The van der Waals surface area contributed by atoms with Crippen molar-refractivity contribution in [1.82, 2.24) is 15.6 Å². The molecule has 0 aliphatic carbocycles. The minimum absolute atomic E-state index is 0.0363. The van der Waals surface area contributed by atoms with Crippen molar-refractivity contribution < 1.29 is 45.4 Å². The van der Waals surface area contributed by atoms with Crippen LogP contribution in [0.4, 0.5) is 37.0 Å². The fraction of sp³-hybridized carbons (Fsp3) is 0.550. The van der Waals surface area contributed by atoms with Crippen LogP contribution in [0.15, 0.2) is 11.4 Å². The summed E-state index contributed by atoms with van der Waals surface area (Å²) in [6.45, 7) is 0.945. The standard InChI is InChI=1S/C20H22F6N4O4S/c1-10(8-33-20(24,25)26)28-18(32)34-11-3-5-30(6-4-11)14-7-13(19(21,22)23)16-15(29-14)12(9-35-16)17(31)27-2/h7,9-11H,3-6,8H2,1-2H3,(H,27,31)(H,28,32)/t10-/m0/s1. The van der Waals surface area contributed by atoms with Crippen LogP contribution < -0.4 is 15.5 Å². The third-order valence-corrected chi connectivity index (χ3v) is 6.19. The number of carbonyl (C=O) groups excluding carboxylic acids is 2. The number of amides is 2. The predicted molar refractivity (Wildman–Crippen MR) is 114 cm³/mol. The molecule has 194 valence electrons. The number of piperidine rings is 1. The maximum absolute atomic E-state index is 13.7. The molecule has 0 radical (unpaired) electrons. The summed E-state index contributed by atoms with van der Waals surface area (Å²) in [5.74, 6) is -0.517. The van der Waals surface area contributed by atoms with Crippen LogP contribution >= 0.6 is 11.3 Å². The average Bonchev–Trinajstić information content (AvgIpc) is 3.19. The summed E-state index contributed by atoms with van der Waals surface area (Å²) in [6, 6.07) is -0.0241. The van der Waals surface area contributed by atoms with Gasteiger partial charge in [0.1, 0.15) is 11.9 Å². The molecule has 35 heavy (non-hydrogen) atoms. The van der Waals surface area contributed by atoms with Gasteiger partial charge in [-0.05, 0) is 13.0 Å². The van der Waals surface area contributed by atoms with Crippen molar-refractivity contribution >= 4 is 39.4 Å². The van der Waals surface area contributed by atoms with Crippen LogP contribution in [0.2, 0.25) is 0 Å². The largest absolute Gasteiger partial charge is 0.522 e. The minimum Gasteiger partial charge on any atom is -0.446 e. The number of hydrogen-bond acceptors (Lipinski definition) is 7. The van der Waals surface area contributed by atoms with Gasteiger partial charge in [-0.1, -0.05) is 0 Å². The third kappa shape index (κ3) is 6.87. The average molecular weight is 528 g/mol. The highest BCUT2D eigenvalue weighted by Crippen LogP contribution is 2.40. The smallest absolute Gasteiger partial charge is 0.446 e. The summed E-state index contributed by atoms with van der Waals surface area (Å²) in [6.07, 6.45) is -10.5. The van der Waals surface area contributed by atoms with Gasteiger partial charge in [0.2, 0.25) is 0 Å². The van der Waals surface area contributed by atoms with E-state index in [0.29, 0.717) is 0 Å². The van der Waals surface area contributed by atoms with E-state index in [2.05, 4.69) is 20.4 Å². The predicted octanol–water partition coefficient (Wildman–Crippen LogP) is 4.29. The van der Waals surface area contributed by atoms with Crippen LogP contribution in [-0.2, 0) is 15.7 Å². The number of halogens is 6. The molecule has 0 saturated carbocycles. The highest BCUT2D eigenvalue weighted by atomic mass is 32.1. The van der Waals surface area contributed by atoms with Crippen molar-refractivity contribution in [2.45, 2.75) is 44.4 Å². The lowest BCUT2D eigenvalue weighted by molar-refractivity contribution is -0.325. The molecular formula is C20H22F6N4O4S. The summed E-state index contributed by atoms with van der Waals surface area (Å²) >= 11 is 0.786. The number of aromatic nitrogens is 1. The van der Waals surface area contributed by atoms with E-state index in [1.54, 1.807) is 4.90 Å². The highest BCUT2D eigenvalue weighted by molar-refractivity contribution is 7.17. The van der Waals surface area contributed by atoms with Crippen molar-refractivity contribution in [2.24, 2.45) is 0 Å². The Labute approximate surface area is 199 Å². The van der Waals surface area contributed by atoms with Gasteiger partial charge in [0.15, 0.2) is 0 Å². The van der Waals surface area contributed by atoms with Gasteiger partial charge >= 0.3 is 18.6 Å². The van der Waals surface area contributed by atoms with E-state index in [4.69, 9.17) is 4.74 Å². The number of hydrogen-bond donors (Lipinski definition) is 2. The number of carbonyl (C=O) groups is 2. The first kappa shape index (κ1) is 26.8. The summed E-state index contributed by atoms with van der Waals surface area (Å²) in [5.41, 5.74) is -0.907. The van der Waals surface area contributed by atoms with Crippen molar-refractivity contribution in [3.63, 3.8) is 0 Å². The molecule has 1 atom stereocenters. The first-order valence-corrected chi connectivity index (χ1v) is 11.3. The van der Waals surface area contributed by atoms with Gasteiger partial charge < -0.3 is 20.3 Å². The van der Waals surface area contributed by atoms with E-state index in [0.717, 1.165) is 17.4 Å². The fourth-order valence-corrected chi connectivity index (χ4v) is 4.54. The van der Waals surface area contributed by atoms with Crippen molar-refractivity contribution in [3.05, 3.63) is 22.6 Å². The number of alkyl carbamates (subject to hydrolysis) is 1. The SMILES string of the molecule is CNC(=O)c1csc2c(C(F)(F)F)cc(N3CCC(OC(=O)N[C@@H](C)COC(F)(F)F)CC3)nc12. The Hall–Kier alpha value is -2.81. The molecule has 1 fully saturated rings. The van der Waals surface area contributed by atoms with Gasteiger partial charge in [-0.15, -0.1) is 24.5 Å². The van der Waals surface area contributed by atoms with E-state index in [1.165, 1.54) is 19.4 Å². The molecule has 2 amide bonds. The van der Waals surface area contributed by atoms with Gasteiger partial charge in [-0.2, -0.15) is 13.2 Å². The Morgan fingerprint density at radius 2 is 1.89 bits per heavy atom. The minimum atomic E-state index is -4.82. The molecule has 0 aromatic carbocycles. The number of anilines is 1. The van der Waals surface area contributed by atoms with Crippen LogP contribution in [0.3, 0.4) is 0 Å². The fourth-order valence-electron chi connectivity index (χ4n) is 3.51. The zero-order valence-electron chi connectivity index (χ0n) is 18.5. The zero-order chi connectivity index (χ0) is 26.0. The lowest BCUT2D eigenvalue weighted by atomic mass is 10.1. The number of pyridine rings is 1. The molecule has 0 unspecified atom stereocenters. The quantitative estimate of drug-likeness (QED) is 0.544. The van der Waals surface area contributed by atoms with Crippen molar-refractivity contribution in [1.29, 1.82) is 0 Å². The van der Waals surface area contributed by atoms with E-state index < -0.39 is 48.9 Å². The van der Waals surface area contributed by atoms with Crippen LogP contribution in [0.25, 0.3) is 10.2 Å². The van der Waals surface area contributed by atoms with Crippen LogP contribution in [-0.4, -0.2) is 62.2 Å². The number of thiophene rings is 1. The maximum atomic E-state index is 13.7. The highest BCUT2D eigenvalue weighted by Gasteiger charge is 2.36. The molecule has 0 bridgehead atoms. The van der Waals surface area contributed by atoms with E-state index >= 15 is 0 Å². The summed E-state index contributed by atoms with van der Waals surface area (Å²) in [7, 11) is 1.37. The topological polar surface area (TPSA) is 92.8 Å². The van der Waals surface area contributed by atoms with Crippen LogP contribution in [0, 0.1) is 0 Å². The number of fused-ring (bicyclic) bond motifs is 1. The molecule has 0 spiro atoms. The van der Waals surface area contributed by atoms with E-state index in [-0.39, 0.29) is 47.5 Å². The number of alkyl halides is 6. The monoisotopic (exact) mass is 528 g/mol. The molecule has 1 saturated heterocycles. The molecular weight excluding hydrogens is 506 g/mol. The summed E-state index contributed by atoms with van der Waals surface area (Å²) in [5, 5.41) is 5.95. The van der Waals surface area contributed by atoms with Crippen molar-refractivity contribution in [3.8, 4) is 0 Å². The lowest BCUT2D eigenvalue weighted by Gasteiger charge is -2.33. The second kappa shape index (κ2) is 10.4. The number of ether oxygens (including phenoxy) is 2. The molecule has 1 aliphatic heterocycles. The molecule has 2 aromatic heterocycles. The number of nitrogens with zero attached hydrogens (tertiary/aromatic N) is 2. The van der Waals surface area contributed by atoms with Crippen LogP contribution in [0.5, 0.6) is 0 Å². The molecule has 3 rings (SSSR count). The Kier molecular flexibility index (Phi) is 7.99. The first-order chi connectivity index (χ1) is 16.3. The van der Waals surface area contributed by atoms with E-state index in [1.807, 2.05) is 0 Å². The molecule has 8 nitrogen and oxygen atoms in total.